The zero-order valence-corrected chi connectivity index (χ0v) is 22.3. The number of carbonyl (C=O) groups is 2. The van der Waals surface area contributed by atoms with Crippen LogP contribution in [0.5, 0.6) is 11.5 Å². The number of ketones is 1. The average molecular weight is 514 g/mol. The summed E-state index contributed by atoms with van der Waals surface area (Å²) in [4.78, 5) is 28.3. The van der Waals surface area contributed by atoms with Crippen molar-refractivity contribution in [3.8, 4) is 11.5 Å². The number of rotatable bonds is 11. The lowest BCUT2D eigenvalue weighted by atomic mass is 9.94. The number of amides is 1. The van der Waals surface area contributed by atoms with Crippen LogP contribution in [0.2, 0.25) is 0 Å². The summed E-state index contributed by atoms with van der Waals surface area (Å²) in [5, 5.41) is 11.3. The van der Waals surface area contributed by atoms with E-state index in [9.17, 15) is 14.7 Å². The Kier molecular flexibility index (Phi) is 8.85. The minimum atomic E-state index is -0.787. The van der Waals surface area contributed by atoms with Crippen molar-refractivity contribution in [3.63, 3.8) is 0 Å². The molecule has 6 nitrogen and oxygen atoms in total. The first kappa shape index (κ1) is 27.0. The molecular weight excluding hydrogens is 478 g/mol. The number of Topliss-reactive ketones (excluding diaryl/α,β-unsaturated/α-hetero) is 1. The fraction of sp³-hybridized carbons (Fsp3) is 0.312. The number of aliphatic hydroxyl groups excluding tert-OH is 1. The van der Waals surface area contributed by atoms with Gasteiger partial charge in [-0.05, 0) is 43.5 Å². The second-order valence-electron chi connectivity index (χ2n) is 9.47. The Bertz CT molecular complexity index is 1300. The fourth-order valence-electron chi connectivity index (χ4n) is 4.65. The lowest BCUT2D eigenvalue weighted by Crippen LogP contribution is -2.29. The predicted octanol–water partition coefficient (Wildman–Crippen LogP) is 6.58. The van der Waals surface area contributed by atoms with Gasteiger partial charge in [0.2, 0.25) is 0 Å². The van der Waals surface area contributed by atoms with E-state index < -0.39 is 17.7 Å². The van der Waals surface area contributed by atoms with Gasteiger partial charge in [0, 0.05) is 12.1 Å². The maximum Gasteiger partial charge on any atom is 0.295 e. The number of nitrogens with zero attached hydrogens (tertiary/aromatic N) is 1. The van der Waals surface area contributed by atoms with Crippen LogP contribution in [0, 0.1) is 6.92 Å². The molecule has 0 bridgehead atoms. The monoisotopic (exact) mass is 513 g/mol. The van der Waals surface area contributed by atoms with Crippen LogP contribution in [-0.2, 0) is 16.1 Å². The first-order chi connectivity index (χ1) is 18.4. The number of hydrogen-bond acceptors (Lipinski definition) is 5. The molecule has 1 fully saturated rings. The summed E-state index contributed by atoms with van der Waals surface area (Å²) in [5.74, 6) is -0.388. The molecule has 0 radical (unpaired) electrons. The summed E-state index contributed by atoms with van der Waals surface area (Å²) in [7, 11) is 0. The van der Waals surface area contributed by atoms with Gasteiger partial charge in [0.1, 0.15) is 5.76 Å². The molecule has 6 heteroatoms. The molecule has 0 aromatic heterocycles. The van der Waals surface area contributed by atoms with E-state index in [-0.39, 0.29) is 17.9 Å². The van der Waals surface area contributed by atoms with Crippen LogP contribution >= 0.6 is 0 Å². The van der Waals surface area contributed by atoms with E-state index in [4.69, 9.17) is 9.47 Å². The molecule has 1 atom stereocenters. The van der Waals surface area contributed by atoms with Crippen molar-refractivity contribution in [2.45, 2.75) is 52.6 Å². The minimum absolute atomic E-state index is 0.0637. The summed E-state index contributed by atoms with van der Waals surface area (Å²) < 4.78 is 11.9. The molecule has 1 heterocycles. The van der Waals surface area contributed by atoms with Crippen molar-refractivity contribution in [1.82, 2.24) is 4.90 Å². The molecule has 38 heavy (non-hydrogen) atoms. The number of benzene rings is 3. The second-order valence-corrected chi connectivity index (χ2v) is 9.47. The van der Waals surface area contributed by atoms with E-state index in [1.165, 1.54) is 4.90 Å². The van der Waals surface area contributed by atoms with Crippen LogP contribution in [-0.4, -0.2) is 34.9 Å². The number of aliphatic hydroxyl groups is 1. The normalized spacial score (nSPS) is 16.6. The van der Waals surface area contributed by atoms with Gasteiger partial charge in [-0.1, -0.05) is 86.0 Å². The minimum Gasteiger partial charge on any atom is -0.507 e. The van der Waals surface area contributed by atoms with Crippen LogP contribution in [0.25, 0.3) is 5.76 Å². The van der Waals surface area contributed by atoms with Gasteiger partial charge in [-0.2, -0.15) is 0 Å². The highest BCUT2D eigenvalue weighted by molar-refractivity contribution is 6.46. The van der Waals surface area contributed by atoms with Gasteiger partial charge >= 0.3 is 0 Å². The molecule has 1 N–H and O–H groups in total. The summed E-state index contributed by atoms with van der Waals surface area (Å²) in [5.41, 5.74) is 3.13. The Morgan fingerprint density at radius 2 is 1.63 bits per heavy atom. The number of aryl methyl sites for hydroxylation is 1. The quantitative estimate of drug-likeness (QED) is 0.136. The highest BCUT2D eigenvalue weighted by atomic mass is 16.5. The Morgan fingerprint density at radius 1 is 0.895 bits per heavy atom. The van der Waals surface area contributed by atoms with Gasteiger partial charge in [0.15, 0.2) is 11.5 Å². The smallest absolute Gasteiger partial charge is 0.295 e. The summed E-state index contributed by atoms with van der Waals surface area (Å²) in [6.45, 7) is 7.22. The number of hydrogen-bond donors (Lipinski definition) is 1. The van der Waals surface area contributed by atoms with E-state index in [2.05, 4.69) is 6.92 Å². The molecule has 0 saturated carbocycles. The molecule has 1 saturated heterocycles. The van der Waals surface area contributed by atoms with E-state index in [0.29, 0.717) is 35.8 Å². The standard InChI is InChI=1S/C32H35NO5/c1-4-6-10-19-38-26-18-17-25(20-27(26)37-5-2)29-28(30(34)24-15-13-22(3)14-16-24)31(35)32(36)33(29)21-23-11-8-7-9-12-23/h7-9,11-18,20,29,34H,4-6,10,19,21H2,1-3H3. The molecule has 1 aliphatic heterocycles. The van der Waals surface area contributed by atoms with E-state index in [1.807, 2.05) is 74.5 Å². The molecule has 0 aliphatic carbocycles. The van der Waals surface area contributed by atoms with Gasteiger partial charge in [0.25, 0.3) is 11.7 Å². The molecule has 4 rings (SSSR count). The number of unbranched alkanes of at least 4 members (excludes halogenated alkanes) is 2. The van der Waals surface area contributed by atoms with Crippen molar-refractivity contribution in [2.75, 3.05) is 13.2 Å². The third-order valence-electron chi connectivity index (χ3n) is 6.65. The first-order valence-electron chi connectivity index (χ1n) is 13.2. The summed E-state index contributed by atoms with van der Waals surface area (Å²) >= 11 is 0. The third kappa shape index (κ3) is 5.91. The van der Waals surface area contributed by atoms with Gasteiger partial charge in [-0.25, -0.2) is 0 Å². The Balaban J connectivity index is 1.80. The Labute approximate surface area is 224 Å². The van der Waals surface area contributed by atoms with Crippen molar-refractivity contribution in [3.05, 3.63) is 101 Å². The number of likely N-dealkylation sites (tertiary alicyclic amines) is 1. The molecular formula is C32H35NO5. The SMILES string of the molecule is CCCCCOc1ccc(C2C(=C(O)c3ccc(C)cc3)C(=O)C(=O)N2Cc2ccccc2)cc1OCC. The van der Waals surface area contributed by atoms with Crippen LogP contribution in [0.15, 0.2) is 78.4 Å². The number of carbonyl (C=O) groups excluding carboxylic acids is 2. The highest BCUT2D eigenvalue weighted by Gasteiger charge is 2.46. The lowest BCUT2D eigenvalue weighted by Gasteiger charge is -2.26. The maximum atomic E-state index is 13.4. The molecule has 198 valence electrons. The van der Waals surface area contributed by atoms with Crippen molar-refractivity contribution >= 4 is 17.4 Å². The highest BCUT2D eigenvalue weighted by Crippen LogP contribution is 2.42. The topological polar surface area (TPSA) is 76.1 Å². The van der Waals surface area contributed by atoms with E-state index in [0.717, 1.165) is 30.4 Å². The summed E-state index contributed by atoms with van der Waals surface area (Å²) in [6.07, 6.45) is 3.12. The van der Waals surface area contributed by atoms with Gasteiger partial charge in [0.05, 0.1) is 24.8 Å². The van der Waals surface area contributed by atoms with Gasteiger partial charge in [-0.3, -0.25) is 9.59 Å². The lowest BCUT2D eigenvalue weighted by molar-refractivity contribution is -0.140. The largest absolute Gasteiger partial charge is 0.507 e. The summed E-state index contributed by atoms with van der Waals surface area (Å²) in [6, 6.07) is 21.4. The van der Waals surface area contributed by atoms with E-state index >= 15 is 0 Å². The van der Waals surface area contributed by atoms with Crippen molar-refractivity contribution in [2.24, 2.45) is 0 Å². The average Bonchev–Trinajstić information content (AvgIpc) is 3.17. The molecule has 0 spiro atoms. The van der Waals surface area contributed by atoms with Crippen LogP contribution < -0.4 is 9.47 Å². The van der Waals surface area contributed by atoms with Gasteiger partial charge in [-0.15, -0.1) is 0 Å². The zero-order chi connectivity index (χ0) is 27.1. The molecule has 1 aliphatic rings. The first-order valence-corrected chi connectivity index (χ1v) is 13.2. The van der Waals surface area contributed by atoms with Crippen LogP contribution in [0.4, 0.5) is 0 Å². The third-order valence-corrected chi connectivity index (χ3v) is 6.65. The molecule has 3 aromatic carbocycles. The number of ether oxygens (including phenoxy) is 2. The zero-order valence-electron chi connectivity index (χ0n) is 22.3. The Morgan fingerprint density at radius 3 is 2.32 bits per heavy atom. The maximum absolute atomic E-state index is 13.4. The molecule has 1 amide bonds. The molecule has 3 aromatic rings. The Hall–Kier alpha value is -4.06. The second kappa shape index (κ2) is 12.5. The van der Waals surface area contributed by atoms with Crippen LogP contribution in [0.1, 0.15) is 61.4 Å². The van der Waals surface area contributed by atoms with E-state index in [1.54, 1.807) is 12.1 Å². The van der Waals surface area contributed by atoms with Crippen LogP contribution in [0.3, 0.4) is 0 Å². The van der Waals surface area contributed by atoms with Crippen molar-refractivity contribution < 1.29 is 24.2 Å². The fourth-order valence-corrected chi connectivity index (χ4v) is 4.65. The predicted molar refractivity (Wildman–Crippen MR) is 148 cm³/mol. The van der Waals surface area contributed by atoms with Gasteiger partial charge < -0.3 is 19.5 Å². The molecule has 1 unspecified atom stereocenters. The van der Waals surface area contributed by atoms with Crippen molar-refractivity contribution in [1.29, 1.82) is 0 Å².